The van der Waals surface area contributed by atoms with E-state index in [2.05, 4.69) is 41.8 Å². The van der Waals surface area contributed by atoms with Crippen LogP contribution in [-0.2, 0) is 0 Å². The lowest BCUT2D eigenvalue weighted by Crippen LogP contribution is -2.35. The maximum absolute atomic E-state index is 10.5. The van der Waals surface area contributed by atoms with Gasteiger partial charge in [-0.3, -0.25) is 15.0 Å². The highest BCUT2D eigenvalue weighted by Crippen LogP contribution is 2.09. The Bertz CT molecular complexity index is 356. The summed E-state index contributed by atoms with van der Waals surface area (Å²) in [6.45, 7) is 1.96. The van der Waals surface area contributed by atoms with E-state index in [9.17, 15) is 4.79 Å². The van der Waals surface area contributed by atoms with Crippen molar-refractivity contribution in [2.75, 3.05) is 0 Å². The minimum absolute atomic E-state index is 0.0808. The molecule has 0 bridgehead atoms. The maximum Gasteiger partial charge on any atom is 0.290 e. The maximum atomic E-state index is 10.5. The molecule has 1 unspecified atom stereocenters. The molecule has 1 rings (SSSR count). The molecule has 2 amide bonds. The molecule has 0 fully saturated rings. The fraction of sp³-hybridized carbons (Fsp3) is 0.200. The van der Waals surface area contributed by atoms with Gasteiger partial charge in [0.2, 0.25) is 0 Å². The fourth-order valence-electron chi connectivity index (χ4n) is 0.995. The van der Waals surface area contributed by atoms with Crippen LogP contribution in [0, 0.1) is 0 Å². The van der Waals surface area contributed by atoms with E-state index in [1.807, 2.05) is 37.3 Å². The molecule has 17 heavy (non-hydrogen) atoms. The van der Waals surface area contributed by atoms with Crippen molar-refractivity contribution in [2.24, 2.45) is 5.73 Å². The third-order valence-corrected chi connectivity index (χ3v) is 1.81. The van der Waals surface area contributed by atoms with Gasteiger partial charge in [0.15, 0.2) is 0 Å². The summed E-state index contributed by atoms with van der Waals surface area (Å²) in [5, 5.41) is -1.03. The summed E-state index contributed by atoms with van der Waals surface area (Å²) in [6, 6.07) is 9.92. The zero-order chi connectivity index (χ0) is 13.3. The average Bonchev–Trinajstić information content (AvgIpc) is 2.26. The minimum Gasteiger partial charge on any atom is -0.361 e. The first-order chi connectivity index (χ1) is 7.93. The molecule has 0 radical (unpaired) electrons. The lowest BCUT2D eigenvalue weighted by molar-refractivity contribution is 0.255. The highest BCUT2D eigenvalue weighted by atomic mass is 32.1. The number of benzene rings is 1. The van der Waals surface area contributed by atoms with E-state index in [0.717, 1.165) is 5.56 Å². The van der Waals surface area contributed by atoms with E-state index >= 15 is 0 Å². The summed E-state index contributed by atoms with van der Waals surface area (Å²) in [5.41, 5.74) is 10.7. The lowest BCUT2D eigenvalue weighted by Gasteiger charge is -2.13. The van der Waals surface area contributed by atoms with Gasteiger partial charge in [-0.1, -0.05) is 55.6 Å². The average molecular weight is 273 g/mol. The van der Waals surface area contributed by atoms with Crippen LogP contribution < -0.4 is 16.6 Å². The van der Waals surface area contributed by atoms with E-state index < -0.39 is 5.24 Å². The molecule has 0 aliphatic carbocycles. The van der Waals surface area contributed by atoms with Gasteiger partial charge in [0.05, 0.1) is 0 Å². The van der Waals surface area contributed by atoms with Crippen molar-refractivity contribution in [3.05, 3.63) is 35.9 Å². The number of hydrazine groups is 1. The van der Waals surface area contributed by atoms with E-state index in [1.165, 1.54) is 0 Å². The molecule has 0 aromatic heterocycles. The van der Waals surface area contributed by atoms with Gasteiger partial charge in [-0.15, -0.1) is 0 Å². The van der Waals surface area contributed by atoms with Crippen LogP contribution in [0.25, 0.3) is 0 Å². The molecular formula is C10H15N3O2S2. The minimum atomic E-state index is -0.639. The van der Waals surface area contributed by atoms with E-state index in [4.69, 9.17) is 4.79 Å². The Morgan fingerprint density at radius 1 is 1.24 bits per heavy atom. The predicted molar refractivity (Wildman–Crippen MR) is 74.1 cm³/mol. The Balaban J connectivity index is 0.000000557. The summed E-state index contributed by atoms with van der Waals surface area (Å²) in [7, 11) is 0. The van der Waals surface area contributed by atoms with Gasteiger partial charge in [0.25, 0.3) is 10.5 Å². The van der Waals surface area contributed by atoms with Crippen molar-refractivity contribution < 1.29 is 9.59 Å². The summed E-state index contributed by atoms with van der Waals surface area (Å²) in [6.07, 6.45) is 0. The van der Waals surface area contributed by atoms with Gasteiger partial charge in [0.1, 0.15) is 0 Å². The standard InChI is InChI=1S/C9H12N2OS.CH3NOS/c1-7(10-11-9(12)13)8-5-3-2-4-6-8;2-1(3)4/h2-7,10H,1H3,(H2,11,12,13);(H3,2,3,4). The molecule has 1 atom stereocenters. The Hall–Kier alpha value is -1.18. The molecule has 94 valence electrons. The fourth-order valence-corrected chi connectivity index (χ4v) is 1.06. The van der Waals surface area contributed by atoms with Crippen LogP contribution in [0.5, 0.6) is 0 Å². The van der Waals surface area contributed by atoms with E-state index in [0.29, 0.717) is 0 Å². The van der Waals surface area contributed by atoms with E-state index in [1.54, 1.807) is 0 Å². The summed E-state index contributed by atoms with van der Waals surface area (Å²) < 4.78 is 0. The van der Waals surface area contributed by atoms with Crippen LogP contribution in [-0.4, -0.2) is 10.5 Å². The molecule has 0 saturated heterocycles. The van der Waals surface area contributed by atoms with Crippen molar-refractivity contribution in [3.63, 3.8) is 0 Å². The Kier molecular flexibility index (Phi) is 8.29. The highest BCUT2D eigenvalue weighted by molar-refractivity contribution is 7.96. The number of rotatable bonds is 3. The number of carbonyl (C=O) groups is 2. The number of nitrogens with two attached hydrogens (primary N) is 1. The van der Waals surface area contributed by atoms with Crippen LogP contribution in [0.4, 0.5) is 9.59 Å². The number of carbonyl (C=O) groups excluding carboxylic acids is 2. The van der Waals surface area contributed by atoms with Gasteiger partial charge in [-0.05, 0) is 12.5 Å². The van der Waals surface area contributed by atoms with Crippen LogP contribution in [0.1, 0.15) is 18.5 Å². The molecule has 0 spiro atoms. The number of thiol groups is 2. The van der Waals surface area contributed by atoms with Crippen molar-refractivity contribution in [3.8, 4) is 0 Å². The van der Waals surface area contributed by atoms with Gasteiger partial charge < -0.3 is 5.73 Å². The molecule has 0 aliphatic rings. The normalized spacial score (nSPS) is 10.8. The van der Waals surface area contributed by atoms with E-state index in [-0.39, 0.29) is 11.3 Å². The zero-order valence-electron chi connectivity index (χ0n) is 9.25. The summed E-state index contributed by atoms with van der Waals surface area (Å²) >= 11 is 6.68. The third kappa shape index (κ3) is 9.73. The largest absolute Gasteiger partial charge is 0.361 e. The number of amides is 2. The van der Waals surface area contributed by atoms with Crippen LogP contribution in [0.3, 0.4) is 0 Å². The molecule has 0 aliphatic heterocycles. The highest BCUT2D eigenvalue weighted by Gasteiger charge is 2.03. The first-order valence-electron chi connectivity index (χ1n) is 4.71. The number of hydrogen-bond donors (Lipinski definition) is 5. The van der Waals surface area contributed by atoms with Gasteiger partial charge in [-0.25, -0.2) is 5.43 Å². The molecule has 7 heteroatoms. The lowest BCUT2D eigenvalue weighted by atomic mass is 10.1. The first kappa shape index (κ1) is 15.8. The van der Waals surface area contributed by atoms with Crippen molar-refractivity contribution in [2.45, 2.75) is 13.0 Å². The van der Waals surface area contributed by atoms with Crippen LogP contribution in [0.15, 0.2) is 30.3 Å². The molecule has 0 heterocycles. The quantitative estimate of drug-likeness (QED) is 0.431. The summed E-state index contributed by atoms with van der Waals surface area (Å²) in [4.78, 5) is 19.6. The predicted octanol–water partition coefficient (Wildman–Crippen LogP) is 1.89. The first-order valence-corrected chi connectivity index (χ1v) is 5.60. The number of primary amides is 1. The second-order valence-electron chi connectivity index (χ2n) is 3.05. The van der Waals surface area contributed by atoms with Gasteiger partial charge in [0, 0.05) is 6.04 Å². The van der Waals surface area contributed by atoms with Crippen molar-refractivity contribution >= 4 is 35.7 Å². The van der Waals surface area contributed by atoms with Gasteiger partial charge >= 0.3 is 0 Å². The van der Waals surface area contributed by atoms with Crippen LogP contribution >= 0.6 is 25.3 Å². The molecule has 5 nitrogen and oxygen atoms in total. The van der Waals surface area contributed by atoms with Crippen molar-refractivity contribution in [1.82, 2.24) is 10.9 Å². The van der Waals surface area contributed by atoms with Gasteiger partial charge in [-0.2, -0.15) is 0 Å². The monoisotopic (exact) mass is 273 g/mol. The number of hydrogen-bond acceptors (Lipinski definition) is 3. The van der Waals surface area contributed by atoms with Crippen molar-refractivity contribution in [1.29, 1.82) is 0 Å². The zero-order valence-corrected chi connectivity index (χ0v) is 11.0. The Labute approximate surface area is 111 Å². The smallest absolute Gasteiger partial charge is 0.290 e. The molecular weight excluding hydrogens is 258 g/mol. The Morgan fingerprint density at radius 2 is 1.71 bits per heavy atom. The topological polar surface area (TPSA) is 84.2 Å². The SMILES string of the molecule is CC(NNC(=O)S)c1ccccc1.NC(=O)S. The second kappa shape index (κ2) is 8.91. The van der Waals surface area contributed by atoms with Crippen LogP contribution in [0.2, 0.25) is 0 Å². The molecule has 1 aromatic rings. The summed E-state index contributed by atoms with van der Waals surface area (Å²) in [5.74, 6) is 0. The third-order valence-electron chi connectivity index (χ3n) is 1.70. The molecule has 1 aromatic carbocycles. The molecule has 0 saturated carbocycles. The molecule has 4 N–H and O–H groups in total. The Morgan fingerprint density at radius 3 is 2.12 bits per heavy atom. The number of nitrogens with one attached hydrogen (secondary N) is 2. The second-order valence-corrected chi connectivity index (χ2v) is 3.89.